The number of hydrogen-bond acceptors (Lipinski definition) is 4. The number of rotatable bonds is 5. The van der Waals surface area contributed by atoms with Crippen LogP contribution in [0.2, 0.25) is 0 Å². The first-order valence-corrected chi connectivity index (χ1v) is 18.5. The molecule has 3 heterocycles. The van der Waals surface area contributed by atoms with Gasteiger partial charge in [-0.3, -0.25) is 0 Å². The van der Waals surface area contributed by atoms with Crippen LogP contribution in [-0.4, -0.2) is 9.13 Å². The predicted octanol–water partition coefficient (Wildman–Crippen LogP) is 13.0. The smallest absolute Gasteiger partial charge is 0.145 e. The number of nitrogens with zero attached hydrogens (tertiary/aromatic N) is 5. The third kappa shape index (κ3) is 4.54. The third-order valence-corrected chi connectivity index (χ3v) is 11.0. The summed E-state index contributed by atoms with van der Waals surface area (Å²) < 4.78 is 11.0. The molecular formula is C50H29N5O. The van der Waals surface area contributed by atoms with Crippen molar-refractivity contribution >= 4 is 82.6 Å². The lowest BCUT2D eigenvalue weighted by Crippen LogP contribution is -2.09. The van der Waals surface area contributed by atoms with E-state index in [0.29, 0.717) is 22.5 Å². The number of hydrogen-bond donors (Lipinski definition) is 0. The zero-order valence-corrected chi connectivity index (χ0v) is 29.9. The van der Waals surface area contributed by atoms with Crippen molar-refractivity contribution in [3.8, 4) is 23.5 Å². The summed E-state index contributed by atoms with van der Waals surface area (Å²) in [5.74, 6) is 0. The Labute approximate surface area is 321 Å². The van der Waals surface area contributed by atoms with Gasteiger partial charge in [0, 0.05) is 44.0 Å². The molecule has 0 fully saturated rings. The molecule has 0 spiro atoms. The van der Waals surface area contributed by atoms with E-state index < -0.39 is 0 Å². The van der Waals surface area contributed by atoms with Gasteiger partial charge < -0.3 is 18.5 Å². The van der Waals surface area contributed by atoms with E-state index >= 15 is 0 Å². The largest absolute Gasteiger partial charge is 0.455 e. The van der Waals surface area contributed by atoms with E-state index in [9.17, 15) is 10.5 Å². The molecular weight excluding hydrogens is 687 g/mol. The summed E-state index contributed by atoms with van der Waals surface area (Å²) in [5.41, 5.74) is 10.6. The second-order valence-electron chi connectivity index (χ2n) is 14.0. The summed E-state index contributed by atoms with van der Waals surface area (Å²) in [6.07, 6.45) is 0. The molecule has 260 valence electrons. The number of para-hydroxylation sites is 5. The van der Waals surface area contributed by atoms with Gasteiger partial charge in [-0.15, -0.1) is 0 Å². The van der Waals surface area contributed by atoms with Crippen molar-refractivity contribution in [2.45, 2.75) is 0 Å². The number of benzene rings is 8. The van der Waals surface area contributed by atoms with Gasteiger partial charge >= 0.3 is 0 Å². The fourth-order valence-corrected chi connectivity index (χ4v) is 8.58. The summed E-state index contributed by atoms with van der Waals surface area (Å²) in [6, 6.07) is 64.7. The van der Waals surface area contributed by atoms with Gasteiger partial charge in [-0.1, -0.05) is 91.0 Å². The van der Waals surface area contributed by atoms with Gasteiger partial charge in [0.05, 0.1) is 50.0 Å². The summed E-state index contributed by atoms with van der Waals surface area (Å²) >= 11 is 0. The van der Waals surface area contributed by atoms with E-state index in [2.05, 4.69) is 135 Å². The number of furan rings is 1. The highest BCUT2D eigenvalue weighted by Crippen LogP contribution is 2.45. The van der Waals surface area contributed by atoms with E-state index in [-0.39, 0.29) is 0 Å². The molecule has 0 aliphatic rings. The van der Waals surface area contributed by atoms with Crippen LogP contribution in [-0.2, 0) is 0 Å². The Hall–Kier alpha value is -8.06. The Morgan fingerprint density at radius 3 is 1.55 bits per heavy atom. The van der Waals surface area contributed by atoms with Gasteiger partial charge in [-0.25, -0.2) is 0 Å². The number of anilines is 3. The van der Waals surface area contributed by atoms with Gasteiger partial charge in [-0.05, 0) is 84.9 Å². The predicted molar refractivity (Wildman–Crippen MR) is 227 cm³/mol. The highest BCUT2D eigenvalue weighted by molar-refractivity contribution is 6.24. The summed E-state index contributed by atoms with van der Waals surface area (Å²) in [4.78, 5) is 2.25. The molecule has 6 nitrogen and oxygen atoms in total. The highest BCUT2D eigenvalue weighted by Gasteiger charge is 2.24. The van der Waals surface area contributed by atoms with Crippen molar-refractivity contribution < 1.29 is 4.42 Å². The molecule has 0 aliphatic carbocycles. The first-order chi connectivity index (χ1) is 27.7. The van der Waals surface area contributed by atoms with Gasteiger partial charge in [0.15, 0.2) is 0 Å². The molecule has 11 aromatic rings. The minimum absolute atomic E-state index is 0.397. The highest BCUT2D eigenvalue weighted by atomic mass is 16.3. The Morgan fingerprint density at radius 1 is 0.411 bits per heavy atom. The molecule has 0 aliphatic heterocycles. The quantitative estimate of drug-likeness (QED) is 0.178. The molecule has 8 aromatic carbocycles. The average molecular weight is 716 g/mol. The normalized spacial score (nSPS) is 11.5. The van der Waals surface area contributed by atoms with Crippen molar-refractivity contribution in [2.24, 2.45) is 0 Å². The molecule has 0 bridgehead atoms. The molecule has 56 heavy (non-hydrogen) atoms. The maximum Gasteiger partial charge on any atom is 0.145 e. The molecule has 0 N–H and O–H groups in total. The molecule has 0 atom stereocenters. The molecule has 6 heteroatoms. The summed E-state index contributed by atoms with van der Waals surface area (Å²) in [7, 11) is 0. The minimum Gasteiger partial charge on any atom is -0.455 e. The maximum atomic E-state index is 10.8. The number of nitriles is 2. The Bertz CT molecular complexity index is 3360. The zero-order chi connectivity index (χ0) is 37.3. The van der Waals surface area contributed by atoms with Crippen LogP contribution in [0.3, 0.4) is 0 Å². The number of fused-ring (bicyclic) bond motifs is 10. The van der Waals surface area contributed by atoms with Crippen LogP contribution in [0, 0.1) is 22.7 Å². The lowest BCUT2D eigenvalue weighted by atomic mass is 10.1. The Balaban J connectivity index is 1.26. The first kappa shape index (κ1) is 31.5. The molecule has 11 rings (SSSR count). The average Bonchev–Trinajstić information content (AvgIpc) is 3.91. The third-order valence-electron chi connectivity index (χ3n) is 11.0. The van der Waals surface area contributed by atoms with E-state index in [4.69, 9.17) is 4.42 Å². The van der Waals surface area contributed by atoms with Crippen LogP contribution in [0.15, 0.2) is 180 Å². The fourth-order valence-electron chi connectivity index (χ4n) is 8.58. The Kier molecular flexibility index (Phi) is 6.88. The first-order valence-electron chi connectivity index (χ1n) is 18.5. The van der Waals surface area contributed by atoms with Crippen molar-refractivity contribution in [1.29, 1.82) is 10.5 Å². The summed E-state index contributed by atoms with van der Waals surface area (Å²) in [5, 5.41) is 27.6. The van der Waals surface area contributed by atoms with Crippen LogP contribution in [0.5, 0.6) is 0 Å². The zero-order valence-electron chi connectivity index (χ0n) is 29.9. The van der Waals surface area contributed by atoms with Gasteiger partial charge in [0.25, 0.3) is 0 Å². The van der Waals surface area contributed by atoms with Crippen molar-refractivity contribution in [3.05, 3.63) is 187 Å². The second-order valence-corrected chi connectivity index (χ2v) is 14.0. The topological polar surface area (TPSA) is 73.8 Å². The Morgan fingerprint density at radius 2 is 0.929 bits per heavy atom. The molecule has 3 aromatic heterocycles. The van der Waals surface area contributed by atoms with Crippen LogP contribution in [0.25, 0.3) is 76.9 Å². The van der Waals surface area contributed by atoms with E-state index in [1.54, 1.807) is 6.07 Å². The molecule has 0 unspecified atom stereocenters. The van der Waals surface area contributed by atoms with Crippen molar-refractivity contribution in [3.63, 3.8) is 0 Å². The number of aromatic nitrogens is 2. The second kappa shape index (κ2) is 12.2. The molecule has 0 saturated heterocycles. The van der Waals surface area contributed by atoms with Gasteiger partial charge in [-0.2, -0.15) is 10.5 Å². The molecule has 0 radical (unpaired) electrons. The van der Waals surface area contributed by atoms with Gasteiger partial charge in [0.2, 0.25) is 0 Å². The van der Waals surface area contributed by atoms with Crippen LogP contribution < -0.4 is 4.90 Å². The fraction of sp³-hybridized carbons (Fsp3) is 0. The van der Waals surface area contributed by atoms with Crippen LogP contribution >= 0.6 is 0 Å². The van der Waals surface area contributed by atoms with Gasteiger partial charge in [0.1, 0.15) is 23.3 Å². The van der Waals surface area contributed by atoms with E-state index in [1.165, 1.54) is 0 Å². The lowest BCUT2D eigenvalue weighted by molar-refractivity contribution is 0.673. The minimum atomic E-state index is 0.397. The molecule has 0 amide bonds. The van der Waals surface area contributed by atoms with Crippen molar-refractivity contribution in [2.75, 3.05) is 4.90 Å². The van der Waals surface area contributed by atoms with E-state index in [0.717, 1.165) is 82.6 Å². The SMILES string of the molecule is N#Cc1cc(C#N)c(-n2c3ccc(N(c4ccccc4)c4ccccc4)cc3c3c4oc5ccccc5c4ccc32)cc1-n1c2ccccc2c2ccccc21. The monoisotopic (exact) mass is 715 g/mol. The van der Waals surface area contributed by atoms with Crippen molar-refractivity contribution in [1.82, 2.24) is 9.13 Å². The molecule has 0 saturated carbocycles. The maximum absolute atomic E-state index is 10.8. The van der Waals surface area contributed by atoms with E-state index in [1.807, 2.05) is 60.7 Å². The summed E-state index contributed by atoms with van der Waals surface area (Å²) in [6.45, 7) is 0. The van der Waals surface area contributed by atoms with Crippen LogP contribution in [0.4, 0.5) is 17.1 Å². The standard InChI is InChI=1S/C50H29N5O/c51-30-32-27-33(31-52)47(29-46(32)54-42-20-10-7-17-37(42)38-18-8-11-21-43(38)54)55-44-25-23-36(53(34-13-3-1-4-14-34)35-15-5-2-6-16-35)28-41(44)49-45(55)26-24-40-39-19-9-12-22-48(39)56-50(40)49/h1-29H. The van der Waals surface area contributed by atoms with Crippen LogP contribution in [0.1, 0.15) is 11.1 Å². The lowest BCUT2D eigenvalue weighted by Gasteiger charge is -2.25.